The summed E-state index contributed by atoms with van der Waals surface area (Å²) in [5.74, 6) is 0.775. The number of allylic oxidation sites excluding steroid dienone is 1. The van der Waals surface area contributed by atoms with Gasteiger partial charge in [0.2, 0.25) is 0 Å². The van der Waals surface area contributed by atoms with Crippen molar-refractivity contribution in [1.29, 1.82) is 0 Å². The Balaban J connectivity index is 1.52. The van der Waals surface area contributed by atoms with E-state index in [0.29, 0.717) is 5.41 Å². The molecule has 1 spiro atoms. The van der Waals surface area contributed by atoms with Crippen molar-refractivity contribution in [2.24, 2.45) is 11.3 Å². The zero-order chi connectivity index (χ0) is 13.1. The molecule has 19 heavy (non-hydrogen) atoms. The van der Waals surface area contributed by atoms with Crippen LogP contribution in [0.5, 0.6) is 0 Å². The van der Waals surface area contributed by atoms with Crippen molar-refractivity contribution in [3.63, 3.8) is 0 Å². The highest BCUT2D eigenvalue weighted by Gasteiger charge is 2.37. The van der Waals surface area contributed by atoms with Gasteiger partial charge in [0.1, 0.15) is 0 Å². The van der Waals surface area contributed by atoms with Crippen molar-refractivity contribution in [2.45, 2.75) is 57.5 Å². The van der Waals surface area contributed by atoms with E-state index < -0.39 is 0 Å². The molecule has 1 heterocycles. The van der Waals surface area contributed by atoms with E-state index in [1.54, 1.807) is 11.3 Å². The Morgan fingerprint density at radius 2 is 1.79 bits per heavy atom. The molecule has 2 heteroatoms. The Morgan fingerprint density at radius 1 is 1.11 bits per heavy atom. The minimum absolute atomic E-state index is 0.0122. The van der Waals surface area contributed by atoms with Crippen LogP contribution < -0.4 is 0 Å². The predicted octanol–water partition coefficient (Wildman–Crippen LogP) is 4.87. The van der Waals surface area contributed by atoms with Crippen LogP contribution >= 0.6 is 11.3 Å². The third-order valence-corrected chi connectivity index (χ3v) is 5.91. The van der Waals surface area contributed by atoms with Crippen molar-refractivity contribution >= 4 is 17.4 Å². The van der Waals surface area contributed by atoms with Crippen LogP contribution in [-0.2, 0) is 0 Å². The number of aliphatic hydroxyl groups is 1. The van der Waals surface area contributed by atoms with Gasteiger partial charge in [0.25, 0.3) is 0 Å². The summed E-state index contributed by atoms with van der Waals surface area (Å²) in [5.41, 5.74) is 1.94. The van der Waals surface area contributed by atoms with Gasteiger partial charge in [0, 0.05) is 0 Å². The second kappa shape index (κ2) is 5.80. The van der Waals surface area contributed by atoms with Crippen LogP contribution in [0.4, 0.5) is 0 Å². The van der Waals surface area contributed by atoms with Crippen molar-refractivity contribution < 1.29 is 5.11 Å². The molecule has 1 N–H and O–H groups in total. The van der Waals surface area contributed by atoms with E-state index in [0.717, 1.165) is 18.8 Å². The smallest absolute Gasteiger partial charge is 0.0540 e. The summed E-state index contributed by atoms with van der Waals surface area (Å²) in [6, 6.07) is 2.19. The zero-order valence-corrected chi connectivity index (χ0v) is 12.4. The standard InChI is InChI=1S/C17H24OS/c18-16-5-10-17(11-6-16)8-3-14(4-9-17)1-2-15-7-12-19-13-15/h1-2,7,12-14,16,18H,3-6,8-11H2/b2-1+. The van der Waals surface area contributed by atoms with Gasteiger partial charge >= 0.3 is 0 Å². The Morgan fingerprint density at radius 3 is 2.42 bits per heavy atom. The Hall–Kier alpha value is -0.600. The van der Waals surface area contributed by atoms with Gasteiger partial charge in [0.05, 0.1) is 6.10 Å². The number of thiophene rings is 1. The van der Waals surface area contributed by atoms with Crippen LogP contribution in [-0.4, -0.2) is 11.2 Å². The molecule has 0 saturated heterocycles. The van der Waals surface area contributed by atoms with Crippen LogP contribution in [0.2, 0.25) is 0 Å². The Bertz CT molecular complexity index is 402. The SMILES string of the molecule is OC1CCC2(CC1)CCC(/C=C/c1ccsc1)CC2. The predicted molar refractivity (Wildman–Crippen MR) is 82.2 cm³/mol. The molecule has 2 aliphatic carbocycles. The highest BCUT2D eigenvalue weighted by atomic mass is 32.1. The van der Waals surface area contributed by atoms with E-state index in [4.69, 9.17) is 0 Å². The second-order valence-electron chi connectivity index (χ2n) is 6.48. The number of hydrogen-bond donors (Lipinski definition) is 1. The topological polar surface area (TPSA) is 20.2 Å². The maximum absolute atomic E-state index is 9.65. The molecule has 3 rings (SSSR count). The molecule has 1 aromatic rings. The van der Waals surface area contributed by atoms with Gasteiger partial charge in [-0.25, -0.2) is 0 Å². The fourth-order valence-corrected chi connectivity index (χ4v) is 4.41. The highest BCUT2D eigenvalue weighted by molar-refractivity contribution is 7.08. The van der Waals surface area contributed by atoms with Crippen molar-refractivity contribution in [3.05, 3.63) is 28.5 Å². The molecule has 2 saturated carbocycles. The van der Waals surface area contributed by atoms with Gasteiger partial charge in [-0.15, -0.1) is 0 Å². The minimum Gasteiger partial charge on any atom is -0.393 e. The van der Waals surface area contributed by atoms with Gasteiger partial charge in [0.15, 0.2) is 0 Å². The molecule has 0 atom stereocenters. The molecule has 0 bridgehead atoms. The average Bonchev–Trinajstić information content (AvgIpc) is 2.95. The first-order chi connectivity index (χ1) is 9.26. The molecule has 104 valence electrons. The molecule has 0 aliphatic heterocycles. The molecule has 0 aromatic carbocycles. The third-order valence-electron chi connectivity index (χ3n) is 5.21. The lowest BCUT2D eigenvalue weighted by Gasteiger charge is -2.43. The Labute approximate surface area is 120 Å². The summed E-state index contributed by atoms with van der Waals surface area (Å²) in [5, 5.41) is 14.0. The molecule has 0 radical (unpaired) electrons. The van der Waals surface area contributed by atoms with E-state index >= 15 is 0 Å². The van der Waals surface area contributed by atoms with Crippen LogP contribution in [0, 0.1) is 11.3 Å². The summed E-state index contributed by atoms with van der Waals surface area (Å²) in [6.07, 6.45) is 14.7. The fraction of sp³-hybridized carbons (Fsp3) is 0.647. The maximum Gasteiger partial charge on any atom is 0.0540 e. The van der Waals surface area contributed by atoms with Gasteiger partial charge in [-0.3, -0.25) is 0 Å². The van der Waals surface area contributed by atoms with E-state index in [2.05, 4.69) is 29.0 Å². The van der Waals surface area contributed by atoms with Crippen molar-refractivity contribution in [1.82, 2.24) is 0 Å². The molecule has 2 fully saturated rings. The zero-order valence-electron chi connectivity index (χ0n) is 11.6. The van der Waals surface area contributed by atoms with Gasteiger partial charge < -0.3 is 5.11 Å². The number of aliphatic hydroxyl groups excluding tert-OH is 1. The number of rotatable bonds is 2. The largest absolute Gasteiger partial charge is 0.393 e. The van der Waals surface area contributed by atoms with Crippen molar-refractivity contribution in [2.75, 3.05) is 0 Å². The van der Waals surface area contributed by atoms with Gasteiger partial charge in [-0.1, -0.05) is 12.2 Å². The van der Waals surface area contributed by atoms with Crippen LogP contribution in [0.1, 0.15) is 56.9 Å². The molecule has 1 nitrogen and oxygen atoms in total. The summed E-state index contributed by atoms with van der Waals surface area (Å²) in [6.45, 7) is 0. The molecule has 1 aromatic heterocycles. The molecular weight excluding hydrogens is 252 g/mol. The van der Waals surface area contributed by atoms with E-state index in [9.17, 15) is 5.11 Å². The molecular formula is C17H24OS. The normalized spacial score (nSPS) is 36.1. The summed E-state index contributed by atoms with van der Waals surface area (Å²) in [4.78, 5) is 0. The van der Waals surface area contributed by atoms with Gasteiger partial charge in [-0.2, -0.15) is 11.3 Å². The summed E-state index contributed by atoms with van der Waals surface area (Å²) >= 11 is 1.77. The molecule has 0 unspecified atom stereocenters. The first-order valence-corrected chi connectivity index (χ1v) is 8.59. The second-order valence-corrected chi connectivity index (χ2v) is 7.26. The quantitative estimate of drug-likeness (QED) is 0.817. The summed E-state index contributed by atoms with van der Waals surface area (Å²) < 4.78 is 0. The highest BCUT2D eigenvalue weighted by Crippen LogP contribution is 2.49. The lowest BCUT2D eigenvalue weighted by Crippen LogP contribution is -2.33. The first-order valence-electron chi connectivity index (χ1n) is 7.64. The fourth-order valence-electron chi connectivity index (χ4n) is 3.78. The minimum atomic E-state index is -0.0122. The monoisotopic (exact) mass is 276 g/mol. The third kappa shape index (κ3) is 3.29. The maximum atomic E-state index is 9.65. The van der Waals surface area contributed by atoms with Crippen LogP contribution in [0.25, 0.3) is 6.08 Å². The lowest BCUT2D eigenvalue weighted by atomic mass is 9.63. The lowest BCUT2D eigenvalue weighted by molar-refractivity contribution is 0.0336. The van der Waals surface area contributed by atoms with Crippen LogP contribution in [0.3, 0.4) is 0 Å². The number of hydrogen-bond acceptors (Lipinski definition) is 2. The van der Waals surface area contributed by atoms with Crippen LogP contribution in [0.15, 0.2) is 22.9 Å². The summed E-state index contributed by atoms with van der Waals surface area (Å²) in [7, 11) is 0. The van der Waals surface area contributed by atoms with E-state index in [-0.39, 0.29) is 6.10 Å². The Kier molecular flexibility index (Phi) is 4.09. The van der Waals surface area contributed by atoms with Gasteiger partial charge in [-0.05, 0) is 85.1 Å². The van der Waals surface area contributed by atoms with E-state index in [1.807, 2.05) is 0 Å². The van der Waals surface area contributed by atoms with E-state index in [1.165, 1.54) is 44.1 Å². The molecule has 0 amide bonds. The van der Waals surface area contributed by atoms with Crippen molar-refractivity contribution in [3.8, 4) is 0 Å². The average molecular weight is 276 g/mol. The first kappa shape index (κ1) is 13.4. The molecule has 2 aliphatic rings.